The molecule has 0 aliphatic carbocycles. The van der Waals surface area contributed by atoms with Gasteiger partial charge >= 0.3 is 5.97 Å². The molecule has 0 saturated heterocycles. The fraction of sp³-hybridized carbons (Fsp3) is 0.500. The first-order valence-electron chi connectivity index (χ1n) is 5.44. The third-order valence-electron chi connectivity index (χ3n) is 2.18. The molecule has 6 nitrogen and oxygen atoms in total. The van der Waals surface area contributed by atoms with E-state index in [0.29, 0.717) is 6.42 Å². The van der Waals surface area contributed by atoms with Crippen LogP contribution in [-0.2, 0) is 21.3 Å². The van der Waals surface area contributed by atoms with Gasteiger partial charge in [0.05, 0.1) is 13.2 Å². The molecule has 0 aromatic carbocycles. The van der Waals surface area contributed by atoms with Crippen molar-refractivity contribution >= 4 is 16.0 Å². The highest BCUT2D eigenvalue weighted by molar-refractivity contribution is 7.89. The molecular formula is C10H14F2N2O4S. The number of nitrogens with two attached hydrogens (primary N) is 1. The lowest BCUT2D eigenvalue weighted by Gasteiger charge is -2.07. The number of hydrogen-bond acceptors (Lipinski definition) is 4. The summed E-state index contributed by atoms with van der Waals surface area (Å²) in [6.07, 6.45) is -1.29. The number of primary sulfonamides is 1. The summed E-state index contributed by atoms with van der Waals surface area (Å²) in [5.74, 6) is -0.864. The second kappa shape index (κ2) is 6.11. The SMILES string of the molecule is CCCOC(=O)c1cc(S(N)(=O)=O)cn1CC(F)F. The molecule has 0 aliphatic heterocycles. The Bertz CT molecular complexity index is 554. The molecule has 108 valence electrons. The molecule has 1 heterocycles. The van der Waals surface area contributed by atoms with Gasteiger partial charge in [0.2, 0.25) is 10.0 Å². The van der Waals surface area contributed by atoms with Gasteiger partial charge < -0.3 is 9.30 Å². The minimum atomic E-state index is -4.07. The minimum Gasteiger partial charge on any atom is -0.461 e. The van der Waals surface area contributed by atoms with Crippen LogP contribution in [0.3, 0.4) is 0 Å². The summed E-state index contributed by atoms with van der Waals surface area (Å²) in [5.41, 5.74) is -0.266. The third kappa shape index (κ3) is 4.28. The Balaban J connectivity index is 3.12. The zero-order chi connectivity index (χ0) is 14.6. The quantitative estimate of drug-likeness (QED) is 0.792. The minimum absolute atomic E-state index is 0.114. The highest BCUT2D eigenvalue weighted by Crippen LogP contribution is 2.16. The second-order valence-electron chi connectivity index (χ2n) is 3.79. The number of hydrogen-bond donors (Lipinski definition) is 1. The van der Waals surface area contributed by atoms with Crippen molar-refractivity contribution in [2.45, 2.75) is 31.2 Å². The summed E-state index contributed by atoms with van der Waals surface area (Å²) in [6.45, 7) is 1.07. The molecule has 19 heavy (non-hydrogen) atoms. The lowest BCUT2D eigenvalue weighted by molar-refractivity contribution is 0.0485. The first-order valence-corrected chi connectivity index (χ1v) is 6.98. The van der Waals surface area contributed by atoms with Crippen LogP contribution >= 0.6 is 0 Å². The van der Waals surface area contributed by atoms with E-state index in [4.69, 9.17) is 9.88 Å². The summed E-state index contributed by atoms with van der Waals surface area (Å²) in [4.78, 5) is 11.2. The first-order chi connectivity index (χ1) is 8.75. The van der Waals surface area contributed by atoms with Gasteiger partial charge in [-0.25, -0.2) is 27.1 Å². The Labute approximate surface area is 109 Å². The number of alkyl halides is 2. The van der Waals surface area contributed by atoms with E-state index in [0.717, 1.165) is 16.8 Å². The number of aromatic nitrogens is 1. The molecule has 9 heteroatoms. The van der Waals surface area contributed by atoms with Crippen LogP contribution in [0.5, 0.6) is 0 Å². The Morgan fingerprint density at radius 1 is 1.53 bits per heavy atom. The average Bonchev–Trinajstić information content (AvgIpc) is 2.68. The molecule has 0 bridgehead atoms. The van der Waals surface area contributed by atoms with E-state index in [1.165, 1.54) is 0 Å². The number of esters is 1. The van der Waals surface area contributed by atoms with E-state index in [9.17, 15) is 22.0 Å². The van der Waals surface area contributed by atoms with Gasteiger partial charge in [-0.1, -0.05) is 6.92 Å². The van der Waals surface area contributed by atoms with Gasteiger partial charge in [0.25, 0.3) is 6.43 Å². The van der Waals surface area contributed by atoms with Crippen molar-refractivity contribution in [2.24, 2.45) is 5.14 Å². The van der Waals surface area contributed by atoms with E-state index < -0.39 is 33.9 Å². The van der Waals surface area contributed by atoms with Gasteiger partial charge in [-0.2, -0.15) is 0 Å². The zero-order valence-corrected chi connectivity index (χ0v) is 11.0. The van der Waals surface area contributed by atoms with E-state index in [1.807, 2.05) is 0 Å². The summed E-state index contributed by atoms with van der Waals surface area (Å²) in [5, 5.41) is 4.89. The van der Waals surface area contributed by atoms with Crippen LogP contribution in [0.25, 0.3) is 0 Å². The topological polar surface area (TPSA) is 91.4 Å². The van der Waals surface area contributed by atoms with Crippen LogP contribution < -0.4 is 5.14 Å². The van der Waals surface area contributed by atoms with Crippen molar-refractivity contribution in [1.82, 2.24) is 4.57 Å². The van der Waals surface area contributed by atoms with Crippen LogP contribution in [0.15, 0.2) is 17.2 Å². The maximum atomic E-state index is 12.4. The monoisotopic (exact) mass is 296 g/mol. The van der Waals surface area contributed by atoms with Gasteiger partial charge in [-0.05, 0) is 12.5 Å². The van der Waals surface area contributed by atoms with Gasteiger partial charge in [0.1, 0.15) is 10.6 Å². The third-order valence-corrected chi connectivity index (χ3v) is 3.06. The molecule has 1 rings (SSSR count). The van der Waals surface area contributed by atoms with E-state index in [-0.39, 0.29) is 12.3 Å². The van der Waals surface area contributed by atoms with Gasteiger partial charge in [0, 0.05) is 6.20 Å². The molecule has 0 fully saturated rings. The molecule has 0 amide bonds. The van der Waals surface area contributed by atoms with Crippen molar-refractivity contribution in [3.8, 4) is 0 Å². The molecule has 0 radical (unpaired) electrons. The predicted octanol–water partition coefficient (Wildman–Crippen LogP) is 0.967. The van der Waals surface area contributed by atoms with Crippen molar-refractivity contribution in [3.63, 3.8) is 0 Å². The molecule has 0 atom stereocenters. The van der Waals surface area contributed by atoms with Crippen molar-refractivity contribution in [3.05, 3.63) is 18.0 Å². The zero-order valence-electron chi connectivity index (χ0n) is 10.2. The summed E-state index contributed by atoms with van der Waals surface area (Å²) < 4.78 is 52.6. The van der Waals surface area contributed by atoms with Crippen LogP contribution in [-0.4, -0.2) is 32.0 Å². The fourth-order valence-corrected chi connectivity index (χ4v) is 1.93. The lowest BCUT2D eigenvalue weighted by atomic mass is 10.4. The van der Waals surface area contributed by atoms with Gasteiger partial charge in [0.15, 0.2) is 0 Å². The second-order valence-corrected chi connectivity index (χ2v) is 5.35. The Morgan fingerprint density at radius 3 is 2.63 bits per heavy atom. The highest BCUT2D eigenvalue weighted by atomic mass is 32.2. The average molecular weight is 296 g/mol. The normalized spacial score (nSPS) is 11.8. The van der Waals surface area contributed by atoms with Gasteiger partial charge in [-0.15, -0.1) is 0 Å². The molecule has 0 aliphatic rings. The number of sulfonamides is 1. The number of nitrogens with zero attached hydrogens (tertiary/aromatic N) is 1. The highest BCUT2D eigenvalue weighted by Gasteiger charge is 2.21. The fourth-order valence-electron chi connectivity index (χ4n) is 1.38. The van der Waals surface area contributed by atoms with Crippen LogP contribution in [0, 0.1) is 0 Å². The molecule has 0 saturated carbocycles. The molecule has 1 aromatic rings. The van der Waals surface area contributed by atoms with Gasteiger partial charge in [-0.3, -0.25) is 0 Å². The first kappa shape index (κ1) is 15.6. The number of rotatable bonds is 6. The lowest BCUT2D eigenvalue weighted by Crippen LogP contribution is -2.15. The van der Waals surface area contributed by atoms with E-state index >= 15 is 0 Å². The Hall–Kier alpha value is -1.48. The van der Waals surface area contributed by atoms with E-state index in [2.05, 4.69) is 0 Å². The molecule has 0 unspecified atom stereocenters. The number of ether oxygens (including phenoxy) is 1. The summed E-state index contributed by atoms with van der Waals surface area (Å²) in [7, 11) is -4.07. The number of halogens is 2. The smallest absolute Gasteiger partial charge is 0.354 e. The van der Waals surface area contributed by atoms with Crippen LogP contribution in [0.4, 0.5) is 8.78 Å². The van der Waals surface area contributed by atoms with Crippen molar-refractivity contribution < 1.29 is 26.7 Å². The largest absolute Gasteiger partial charge is 0.461 e. The maximum absolute atomic E-state index is 12.4. The standard InChI is InChI=1S/C10H14F2N2O4S/c1-2-3-18-10(15)8-4-7(19(13,16)17)5-14(8)6-9(11)12/h4-5,9H,2-3,6H2,1H3,(H2,13,16,17). The van der Waals surface area contributed by atoms with Crippen LogP contribution in [0.2, 0.25) is 0 Å². The summed E-state index contributed by atoms with van der Waals surface area (Å²) in [6, 6.07) is 0.926. The molecule has 0 spiro atoms. The predicted molar refractivity (Wildman–Crippen MR) is 62.4 cm³/mol. The van der Waals surface area contributed by atoms with Crippen molar-refractivity contribution in [1.29, 1.82) is 0 Å². The molecule has 1 aromatic heterocycles. The Kier molecular flexibility index (Phi) is 5.01. The van der Waals surface area contributed by atoms with E-state index in [1.54, 1.807) is 6.92 Å². The van der Waals surface area contributed by atoms with Crippen LogP contribution in [0.1, 0.15) is 23.8 Å². The molecule has 2 N–H and O–H groups in total. The number of carbonyl (C=O) groups is 1. The maximum Gasteiger partial charge on any atom is 0.354 e. The Morgan fingerprint density at radius 2 is 2.16 bits per heavy atom. The summed E-state index contributed by atoms with van der Waals surface area (Å²) >= 11 is 0. The number of carbonyl (C=O) groups excluding carboxylic acids is 1. The van der Waals surface area contributed by atoms with Crippen molar-refractivity contribution in [2.75, 3.05) is 6.61 Å². The molecular weight excluding hydrogens is 282 g/mol.